The molecule has 0 unspecified atom stereocenters. The molecule has 0 saturated heterocycles. The van der Waals surface area contributed by atoms with Gasteiger partial charge in [0, 0.05) is 5.54 Å². The van der Waals surface area contributed by atoms with Crippen LogP contribution in [0.15, 0.2) is 48.5 Å². The molecule has 156 valence electrons. The third kappa shape index (κ3) is 6.56. The highest BCUT2D eigenvalue weighted by molar-refractivity contribution is 7.92. The van der Waals surface area contributed by atoms with E-state index in [9.17, 15) is 22.4 Å². The summed E-state index contributed by atoms with van der Waals surface area (Å²) in [5.41, 5.74) is 0.0411. The predicted octanol–water partition coefficient (Wildman–Crippen LogP) is 2.76. The van der Waals surface area contributed by atoms with E-state index in [0.29, 0.717) is 0 Å². The Labute approximate surface area is 170 Å². The average molecular weight is 421 g/mol. The van der Waals surface area contributed by atoms with E-state index in [2.05, 4.69) is 10.6 Å². The van der Waals surface area contributed by atoms with Crippen molar-refractivity contribution in [3.63, 3.8) is 0 Å². The van der Waals surface area contributed by atoms with Crippen LogP contribution in [0.4, 0.5) is 15.8 Å². The smallest absolute Gasteiger partial charge is 0.253 e. The highest BCUT2D eigenvalue weighted by Gasteiger charge is 2.23. The van der Waals surface area contributed by atoms with Crippen LogP contribution in [0.5, 0.6) is 0 Å². The molecule has 0 spiro atoms. The number of nitrogens with zero attached hydrogens (tertiary/aromatic N) is 1. The van der Waals surface area contributed by atoms with Crippen molar-refractivity contribution >= 4 is 33.2 Å². The van der Waals surface area contributed by atoms with Gasteiger partial charge in [-0.1, -0.05) is 18.2 Å². The quantitative estimate of drug-likeness (QED) is 0.750. The summed E-state index contributed by atoms with van der Waals surface area (Å²) in [4.78, 5) is 25.0. The maximum Gasteiger partial charge on any atom is 0.253 e. The van der Waals surface area contributed by atoms with Crippen molar-refractivity contribution < 1.29 is 22.4 Å². The van der Waals surface area contributed by atoms with Gasteiger partial charge in [0.25, 0.3) is 5.91 Å². The SMILES string of the molecule is CC(C)(C)NC(=O)c1ccccc1NC(=O)CN(c1cccc(F)c1)S(C)(=O)=O. The molecule has 7 nitrogen and oxygen atoms in total. The summed E-state index contributed by atoms with van der Waals surface area (Å²) < 4.78 is 38.6. The van der Waals surface area contributed by atoms with Crippen LogP contribution < -0.4 is 14.9 Å². The summed E-state index contributed by atoms with van der Waals surface area (Å²) in [6.45, 7) is 4.91. The van der Waals surface area contributed by atoms with Crippen LogP contribution in [0.3, 0.4) is 0 Å². The number of nitrogens with one attached hydrogen (secondary N) is 2. The molecule has 0 aliphatic heterocycles. The largest absolute Gasteiger partial charge is 0.347 e. The Morgan fingerprint density at radius 2 is 1.72 bits per heavy atom. The lowest BCUT2D eigenvalue weighted by Crippen LogP contribution is -2.41. The van der Waals surface area contributed by atoms with Gasteiger partial charge in [-0.3, -0.25) is 13.9 Å². The van der Waals surface area contributed by atoms with Crippen molar-refractivity contribution in [2.75, 3.05) is 22.4 Å². The average Bonchev–Trinajstić information content (AvgIpc) is 2.57. The summed E-state index contributed by atoms with van der Waals surface area (Å²) in [5.74, 6) is -1.67. The minimum absolute atomic E-state index is 0.0291. The summed E-state index contributed by atoms with van der Waals surface area (Å²) >= 11 is 0. The molecule has 0 heterocycles. The first-order valence-electron chi connectivity index (χ1n) is 8.81. The molecule has 2 amide bonds. The first-order valence-corrected chi connectivity index (χ1v) is 10.7. The number of hydrogen-bond acceptors (Lipinski definition) is 4. The van der Waals surface area contributed by atoms with Crippen LogP contribution in [0, 0.1) is 5.82 Å². The molecule has 0 aliphatic carbocycles. The molecule has 0 aromatic heterocycles. The van der Waals surface area contributed by atoms with Gasteiger partial charge in [0.15, 0.2) is 0 Å². The van der Waals surface area contributed by atoms with Crippen molar-refractivity contribution in [1.29, 1.82) is 0 Å². The molecule has 9 heteroatoms. The number of para-hydroxylation sites is 1. The molecule has 0 saturated carbocycles. The molecule has 0 bridgehead atoms. The van der Waals surface area contributed by atoms with Crippen LogP contribution in [0.25, 0.3) is 0 Å². The Kier molecular flexibility index (Phi) is 6.63. The van der Waals surface area contributed by atoms with E-state index in [4.69, 9.17) is 0 Å². The minimum atomic E-state index is -3.85. The fourth-order valence-corrected chi connectivity index (χ4v) is 3.40. The van der Waals surface area contributed by atoms with Crippen molar-refractivity contribution in [2.45, 2.75) is 26.3 Å². The van der Waals surface area contributed by atoms with E-state index in [0.717, 1.165) is 16.6 Å². The van der Waals surface area contributed by atoms with Gasteiger partial charge >= 0.3 is 0 Å². The van der Waals surface area contributed by atoms with E-state index in [1.54, 1.807) is 24.3 Å². The Hall–Kier alpha value is -2.94. The Morgan fingerprint density at radius 3 is 2.31 bits per heavy atom. The molecule has 2 rings (SSSR count). The number of amides is 2. The molecule has 0 aliphatic rings. The van der Waals surface area contributed by atoms with E-state index >= 15 is 0 Å². The molecule has 2 aromatic rings. The van der Waals surface area contributed by atoms with Crippen molar-refractivity contribution in [3.8, 4) is 0 Å². The first-order chi connectivity index (χ1) is 13.4. The van der Waals surface area contributed by atoms with Crippen molar-refractivity contribution in [1.82, 2.24) is 5.32 Å². The summed E-state index contributed by atoms with van der Waals surface area (Å²) in [5, 5.41) is 5.37. The van der Waals surface area contributed by atoms with Gasteiger partial charge in [-0.05, 0) is 51.1 Å². The molecule has 2 aromatic carbocycles. The number of anilines is 2. The monoisotopic (exact) mass is 421 g/mol. The zero-order valence-electron chi connectivity index (χ0n) is 16.7. The number of halogens is 1. The lowest BCUT2D eigenvalue weighted by atomic mass is 10.1. The van der Waals surface area contributed by atoms with Gasteiger partial charge < -0.3 is 10.6 Å². The van der Waals surface area contributed by atoms with Gasteiger partial charge in [-0.25, -0.2) is 12.8 Å². The molecule has 29 heavy (non-hydrogen) atoms. The number of carbonyl (C=O) groups is 2. The van der Waals surface area contributed by atoms with Crippen LogP contribution >= 0.6 is 0 Å². The maximum absolute atomic E-state index is 13.5. The van der Waals surface area contributed by atoms with Gasteiger partial charge in [-0.15, -0.1) is 0 Å². The van der Waals surface area contributed by atoms with Crippen LogP contribution in [0.1, 0.15) is 31.1 Å². The Bertz CT molecular complexity index is 1020. The molecule has 2 N–H and O–H groups in total. The summed E-state index contributed by atoms with van der Waals surface area (Å²) in [6.07, 6.45) is 0.926. The van der Waals surface area contributed by atoms with Gasteiger partial charge in [0.1, 0.15) is 12.4 Å². The number of sulfonamides is 1. The lowest BCUT2D eigenvalue weighted by Gasteiger charge is -2.23. The number of carbonyl (C=O) groups excluding carboxylic acids is 2. The second kappa shape index (κ2) is 8.60. The Balaban J connectivity index is 2.25. The summed E-state index contributed by atoms with van der Waals surface area (Å²) in [6, 6.07) is 11.3. The van der Waals surface area contributed by atoms with Crippen molar-refractivity contribution in [2.24, 2.45) is 0 Å². The number of benzene rings is 2. The normalized spacial score (nSPS) is 11.6. The lowest BCUT2D eigenvalue weighted by molar-refractivity contribution is -0.114. The predicted molar refractivity (Wildman–Crippen MR) is 111 cm³/mol. The molecule has 0 fully saturated rings. The molecular weight excluding hydrogens is 397 g/mol. The van der Waals surface area contributed by atoms with Crippen LogP contribution in [-0.2, 0) is 14.8 Å². The number of hydrogen-bond donors (Lipinski definition) is 2. The van der Waals surface area contributed by atoms with E-state index in [-0.39, 0.29) is 22.8 Å². The highest BCUT2D eigenvalue weighted by atomic mass is 32.2. The molecule has 0 atom stereocenters. The highest BCUT2D eigenvalue weighted by Crippen LogP contribution is 2.20. The second-order valence-corrected chi connectivity index (χ2v) is 9.45. The fraction of sp³-hybridized carbons (Fsp3) is 0.300. The topological polar surface area (TPSA) is 95.6 Å². The fourth-order valence-electron chi connectivity index (χ4n) is 2.55. The molecule has 0 radical (unpaired) electrons. The third-order valence-electron chi connectivity index (χ3n) is 3.72. The Morgan fingerprint density at radius 1 is 1.07 bits per heavy atom. The second-order valence-electron chi connectivity index (χ2n) is 7.55. The summed E-state index contributed by atoms with van der Waals surface area (Å²) in [7, 11) is -3.85. The zero-order chi connectivity index (χ0) is 21.8. The van der Waals surface area contributed by atoms with E-state index < -0.39 is 33.8 Å². The van der Waals surface area contributed by atoms with Crippen LogP contribution in [-0.4, -0.2) is 38.6 Å². The van der Waals surface area contributed by atoms with E-state index in [1.165, 1.54) is 18.2 Å². The zero-order valence-corrected chi connectivity index (χ0v) is 17.5. The van der Waals surface area contributed by atoms with Crippen molar-refractivity contribution in [3.05, 3.63) is 59.9 Å². The van der Waals surface area contributed by atoms with Gasteiger partial charge in [-0.2, -0.15) is 0 Å². The number of rotatable bonds is 6. The minimum Gasteiger partial charge on any atom is -0.347 e. The standard InChI is InChI=1S/C20H24FN3O4S/c1-20(2,3)23-19(26)16-10-5-6-11-17(16)22-18(25)13-24(29(4,27)28)15-9-7-8-14(21)12-15/h5-12H,13H2,1-4H3,(H,22,25)(H,23,26). The molecular formula is C20H24FN3O4S. The van der Waals surface area contributed by atoms with E-state index in [1.807, 2.05) is 20.8 Å². The van der Waals surface area contributed by atoms with Gasteiger partial charge in [0.2, 0.25) is 15.9 Å². The maximum atomic E-state index is 13.5. The first kappa shape index (κ1) is 22.4. The van der Waals surface area contributed by atoms with Crippen LogP contribution in [0.2, 0.25) is 0 Å². The third-order valence-corrected chi connectivity index (χ3v) is 4.86. The van der Waals surface area contributed by atoms with Gasteiger partial charge in [0.05, 0.1) is 23.2 Å².